The van der Waals surface area contributed by atoms with Crippen LogP contribution in [0.15, 0.2) is 24.3 Å². The van der Waals surface area contributed by atoms with E-state index in [1.54, 1.807) is 0 Å². The van der Waals surface area contributed by atoms with Crippen LogP contribution in [0.25, 0.3) is 0 Å². The second-order valence-electron chi connectivity index (χ2n) is 4.37. The second-order valence-corrected chi connectivity index (χ2v) is 4.37. The highest BCUT2D eigenvalue weighted by Crippen LogP contribution is 2.26. The normalized spacial score (nSPS) is 24.0. The Hall–Kier alpha value is -1.53. The van der Waals surface area contributed by atoms with E-state index in [2.05, 4.69) is 11.4 Å². The van der Waals surface area contributed by atoms with Gasteiger partial charge >= 0.3 is 0 Å². The molecule has 1 aromatic rings. The Labute approximate surface area is 95.7 Å². The predicted molar refractivity (Wildman–Crippen MR) is 63.0 cm³/mol. The molecule has 0 saturated heterocycles. The van der Waals surface area contributed by atoms with Gasteiger partial charge in [0.1, 0.15) is 6.07 Å². The van der Waals surface area contributed by atoms with Gasteiger partial charge in [0.25, 0.3) is 0 Å². The summed E-state index contributed by atoms with van der Waals surface area (Å²) in [6.07, 6.45) is 2.73. The lowest BCUT2D eigenvalue weighted by Gasteiger charge is -2.12. The molecule has 0 spiro atoms. The average Bonchev–Trinajstić information content (AvgIpc) is 2.73. The molecular formula is C13H16N2O. The molecule has 2 N–H and O–H groups in total. The third-order valence-corrected chi connectivity index (χ3v) is 3.14. The number of rotatable bonds is 3. The minimum Gasteiger partial charge on any atom is -0.393 e. The van der Waals surface area contributed by atoms with Crippen molar-refractivity contribution in [3.05, 3.63) is 29.8 Å². The van der Waals surface area contributed by atoms with Crippen LogP contribution in [0.1, 0.15) is 24.8 Å². The van der Waals surface area contributed by atoms with Crippen LogP contribution in [0, 0.1) is 17.2 Å². The van der Waals surface area contributed by atoms with Gasteiger partial charge < -0.3 is 10.4 Å². The van der Waals surface area contributed by atoms with Gasteiger partial charge in [-0.2, -0.15) is 5.26 Å². The molecule has 2 rings (SSSR count). The zero-order valence-electron chi connectivity index (χ0n) is 9.19. The van der Waals surface area contributed by atoms with Gasteiger partial charge in [0.15, 0.2) is 0 Å². The first-order valence-corrected chi connectivity index (χ1v) is 5.70. The van der Waals surface area contributed by atoms with Gasteiger partial charge in [-0.3, -0.25) is 0 Å². The van der Waals surface area contributed by atoms with Gasteiger partial charge in [-0.05, 0) is 37.3 Å². The number of aliphatic hydroxyl groups excluding tert-OH is 1. The van der Waals surface area contributed by atoms with Gasteiger partial charge in [0.2, 0.25) is 0 Å². The SMILES string of the molecule is N#Cc1ccccc1NCC1CCC(O)C1. The zero-order valence-corrected chi connectivity index (χ0v) is 9.19. The van der Waals surface area contributed by atoms with Crippen molar-refractivity contribution in [3.8, 4) is 6.07 Å². The molecule has 2 unspecified atom stereocenters. The third kappa shape index (κ3) is 2.53. The van der Waals surface area contributed by atoms with Crippen LogP contribution in [0.3, 0.4) is 0 Å². The maximum atomic E-state index is 9.42. The summed E-state index contributed by atoms with van der Waals surface area (Å²) in [7, 11) is 0. The van der Waals surface area contributed by atoms with Crippen molar-refractivity contribution in [2.75, 3.05) is 11.9 Å². The van der Waals surface area contributed by atoms with Crippen molar-refractivity contribution in [1.29, 1.82) is 5.26 Å². The van der Waals surface area contributed by atoms with E-state index in [1.807, 2.05) is 24.3 Å². The molecule has 1 aliphatic rings. The number of anilines is 1. The molecule has 2 atom stereocenters. The lowest BCUT2D eigenvalue weighted by molar-refractivity contribution is 0.178. The third-order valence-electron chi connectivity index (χ3n) is 3.14. The fourth-order valence-corrected chi connectivity index (χ4v) is 2.22. The lowest BCUT2D eigenvalue weighted by Crippen LogP contribution is -2.13. The number of nitrogens with one attached hydrogen (secondary N) is 1. The smallest absolute Gasteiger partial charge is 0.101 e. The Bertz CT molecular complexity index is 397. The highest BCUT2D eigenvalue weighted by atomic mass is 16.3. The highest BCUT2D eigenvalue weighted by Gasteiger charge is 2.22. The average molecular weight is 216 g/mol. The van der Waals surface area contributed by atoms with Crippen molar-refractivity contribution in [2.45, 2.75) is 25.4 Å². The molecule has 1 saturated carbocycles. The fraction of sp³-hybridized carbons (Fsp3) is 0.462. The lowest BCUT2D eigenvalue weighted by atomic mass is 10.1. The number of nitrogens with zero attached hydrogens (tertiary/aromatic N) is 1. The number of benzene rings is 1. The summed E-state index contributed by atoms with van der Waals surface area (Å²) in [5, 5.41) is 21.6. The number of para-hydroxylation sites is 1. The Morgan fingerprint density at radius 3 is 2.88 bits per heavy atom. The summed E-state index contributed by atoms with van der Waals surface area (Å²) < 4.78 is 0. The van der Waals surface area contributed by atoms with E-state index >= 15 is 0 Å². The topological polar surface area (TPSA) is 56.0 Å². The van der Waals surface area contributed by atoms with Crippen molar-refractivity contribution in [3.63, 3.8) is 0 Å². The number of hydrogen-bond donors (Lipinski definition) is 2. The van der Waals surface area contributed by atoms with Crippen LogP contribution < -0.4 is 5.32 Å². The van der Waals surface area contributed by atoms with E-state index in [0.717, 1.165) is 31.5 Å². The van der Waals surface area contributed by atoms with Crippen molar-refractivity contribution < 1.29 is 5.11 Å². The number of nitriles is 1. The molecule has 1 aliphatic carbocycles. The first-order valence-electron chi connectivity index (χ1n) is 5.70. The molecule has 0 heterocycles. The molecule has 84 valence electrons. The molecule has 3 nitrogen and oxygen atoms in total. The van der Waals surface area contributed by atoms with Gasteiger partial charge in [-0.1, -0.05) is 12.1 Å². The van der Waals surface area contributed by atoms with Crippen molar-refractivity contribution in [1.82, 2.24) is 0 Å². The predicted octanol–water partition coefficient (Wildman–Crippen LogP) is 2.13. The molecule has 0 aliphatic heterocycles. The van der Waals surface area contributed by atoms with E-state index in [-0.39, 0.29) is 6.10 Å². The molecule has 1 fully saturated rings. The summed E-state index contributed by atoms with van der Waals surface area (Å²) in [5.74, 6) is 0.529. The second kappa shape index (κ2) is 5.00. The molecule has 3 heteroatoms. The van der Waals surface area contributed by atoms with Crippen LogP contribution in [-0.2, 0) is 0 Å². The van der Waals surface area contributed by atoms with Crippen LogP contribution >= 0.6 is 0 Å². The molecular weight excluding hydrogens is 200 g/mol. The van der Waals surface area contributed by atoms with Crippen molar-refractivity contribution in [2.24, 2.45) is 5.92 Å². The standard InChI is InChI=1S/C13H16N2O/c14-8-11-3-1-2-4-13(11)15-9-10-5-6-12(16)7-10/h1-4,10,12,15-16H,5-7,9H2. The van der Waals surface area contributed by atoms with E-state index < -0.39 is 0 Å². The first-order chi connectivity index (χ1) is 7.79. The molecule has 1 aromatic carbocycles. The Kier molecular flexibility index (Phi) is 3.43. The highest BCUT2D eigenvalue weighted by molar-refractivity contribution is 5.57. The number of hydrogen-bond acceptors (Lipinski definition) is 3. The Morgan fingerprint density at radius 1 is 1.38 bits per heavy atom. The monoisotopic (exact) mass is 216 g/mol. The maximum absolute atomic E-state index is 9.42. The molecule has 0 aromatic heterocycles. The van der Waals surface area contributed by atoms with Crippen LogP contribution in [0.4, 0.5) is 5.69 Å². The maximum Gasteiger partial charge on any atom is 0.101 e. The minimum atomic E-state index is -0.127. The van der Waals surface area contributed by atoms with Gasteiger partial charge in [-0.25, -0.2) is 0 Å². The summed E-state index contributed by atoms with van der Waals surface area (Å²) in [4.78, 5) is 0. The summed E-state index contributed by atoms with van der Waals surface area (Å²) in [6, 6.07) is 9.69. The van der Waals surface area contributed by atoms with E-state index in [4.69, 9.17) is 5.26 Å². The number of aliphatic hydroxyl groups is 1. The van der Waals surface area contributed by atoms with E-state index in [1.165, 1.54) is 0 Å². The first kappa shape index (κ1) is 11.0. The van der Waals surface area contributed by atoms with Crippen LogP contribution in [-0.4, -0.2) is 17.8 Å². The van der Waals surface area contributed by atoms with E-state index in [9.17, 15) is 5.11 Å². The molecule has 16 heavy (non-hydrogen) atoms. The molecule has 0 amide bonds. The minimum absolute atomic E-state index is 0.127. The summed E-state index contributed by atoms with van der Waals surface area (Å²) in [5.41, 5.74) is 1.58. The Morgan fingerprint density at radius 2 is 2.19 bits per heavy atom. The van der Waals surface area contributed by atoms with E-state index in [0.29, 0.717) is 11.5 Å². The molecule has 0 bridgehead atoms. The zero-order chi connectivity index (χ0) is 11.4. The largest absolute Gasteiger partial charge is 0.393 e. The van der Waals surface area contributed by atoms with Gasteiger partial charge in [0.05, 0.1) is 17.4 Å². The summed E-state index contributed by atoms with van der Waals surface area (Å²) >= 11 is 0. The van der Waals surface area contributed by atoms with Crippen LogP contribution in [0.5, 0.6) is 0 Å². The van der Waals surface area contributed by atoms with Gasteiger partial charge in [0, 0.05) is 6.54 Å². The van der Waals surface area contributed by atoms with Crippen molar-refractivity contribution >= 4 is 5.69 Å². The van der Waals surface area contributed by atoms with Crippen LogP contribution in [0.2, 0.25) is 0 Å². The molecule has 0 radical (unpaired) electrons. The quantitative estimate of drug-likeness (QED) is 0.813. The summed E-state index contributed by atoms with van der Waals surface area (Å²) in [6.45, 7) is 0.843. The fourth-order valence-electron chi connectivity index (χ4n) is 2.22. The van der Waals surface area contributed by atoms with Gasteiger partial charge in [-0.15, -0.1) is 0 Å². The Balaban J connectivity index is 1.92.